The Morgan fingerprint density at radius 3 is 2.65 bits per heavy atom. The molecule has 4 saturated carbocycles. The van der Waals surface area contributed by atoms with Gasteiger partial charge in [-0.1, -0.05) is 34.1 Å². The number of rotatable bonds is 2. The van der Waals surface area contributed by atoms with Gasteiger partial charge in [0, 0.05) is 23.0 Å². The van der Waals surface area contributed by atoms with Crippen LogP contribution in [0.3, 0.4) is 0 Å². The molecule has 4 fully saturated rings. The summed E-state index contributed by atoms with van der Waals surface area (Å²) in [6.07, 6.45) is 9.67. The molecule has 2 atom stereocenters. The first-order valence-electron chi connectivity index (χ1n) is 9.12. The SMILES string of the molecule is O=C(CC12CC3CC(CC(Br)(C3)C1)C2)N1CCc2ccccc21. The van der Waals surface area contributed by atoms with Crippen LogP contribution in [0, 0.1) is 17.3 Å². The number of para-hydroxylation sites is 1. The number of fused-ring (bicyclic) bond motifs is 1. The summed E-state index contributed by atoms with van der Waals surface area (Å²) in [6.45, 7) is 0.876. The lowest BCUT2D eigenvalue weighted by Crippen LogP contribution is -2.54. The molecule has 0 spiro atoms. The molecule has 4 aliphatic carbocycles. The molecule has 4 bridgehead atoms. The summed E-state index contributed by atoms with van der Waals surface area (Å²) in [4.78, 5) is 15.2. The molecule has 1 heterocycles. The Morgan fingerprint density at radius 2 is 1.91 bits per heavy atom. The van der Waals surface area contributed by atoms with Crippen molar-refractivity contribution in [1.82, 2.24) is 0 Å². The van der Waals surface area contributed by atoms with Crippen molar-refractivity contribution in [2.24, 2.45) is 17.3 Å². The van der Waals surface area contributed by atoms with E-state index in [1.807, 2.05) is 0 Å². The third-order valence-corrected chi connectivity index (χ3v) is 7.75. The Labute approximate surface area is 146 Å². The monoisotopic (exact) mass is 373 g/mol. The third-order valence-electron chi connectivity index (χ3n) is 6.83. The third kappa shape index (κ3) is 2.30. The van der Waals surface area contributed by atoms with Crippen molar-refractivity contribution < 1.29 is 4.79 Å². The van der Waals surface area contributed by atoms with E-state index in [-0.39, 0.29) is 5.41 Å². The highest BCUT2D eigenvalue weighted by molar-refractivity contribution is 9.10. The summed E-state index contributed by atoms with van der Waals surface area (Å²) in [5, 5.41) is 0. The number of nitrogens with zero attached hydrogens (tertiary/aromatic N) is 1. The average Bonchev–Trinajstić information content (AvgIpc) is 2.88. The Kier molecular flexibility index (Phi) is 3.05. The van der Waals surface area contributed by atoms with Gasteiger partial charge >= 0.3 is 0 Å². The molecule has 1 aliphatic heterocycles. The van der Waals surface area contributed by atoms with Crippen molar-refractivity contribution in [3.05, 3.63) is 29.8 Å². The average molecular weight is 374 g/mol. The molecule has 1 aromatic carbocycles. The first-order valence-corrected chi connectivity index (χ1v) is 9.91. The van der Waals surface area contributed by atoms with Gasteiger partial charge in [-0.05, 0) is 73.8 Å². The minimum atomic E-state index is 0.280. The summed E-state index contributed by atoms with van der Waals surface area (Å²) in [6, 6.07) is 8.43. The van der Waals surface area contributed by atoms with E-state index in [1.54, 1.807) is 0 Å². The molecule has 2 nitrogen and oxygen atoms in total. The van der Waals surface area contributed by atoms with Crippen LogP contribution in [0.15, 0.2) is 24.3 Å². The fourth-order valence-electron chi connectivity index (χ4n) is 6.56. The van der Waals surface area contributed by atoms with E-state index in [0.29, 0.717) is 10.2 Å². The molecule has 1 aromatic rings. The zero-order chi connectivity index (χ0) is 15.7. The number of hydrogen-bond donors (Lipinski definition) is 0. The minimum Gasteiger partial charge on any atom is -0.312 e. The van der Waals surface area contributed by atoms with Gasteiger partial charge in [-0.3, -0.25) is 4.79 Å². The largest absolute Gasteiger partial charge is 0.312 e. The topological polar surface area (TPSA) is 20.3 Å². The summed E-state index contributed by atoms with van der Waals surface area (Å²) < 4.78 is 0.347. The van der Waals surface area contributed by atoms with Crippen molar-refractivity contribution in [1.29, 1.82) is 0 Å². The van der Waals surface area contributed by atoms with Crippen molar-refractivity contribution in [2.45, 2.75) is 55.7 Å². The molecule has 0 aromatic heterocycles. The van der Waals surface area contributed by atoms with Crippen LogP contribution < -0.4 is 4.90 Å². The van der Waals surface area contributed by atoms with Gasteiger partial charge in [-0.15, -0.1) is 0 Å². The van der Waals surface area contributed by atoms with E-state index >= 15 is 0 Å². The van der Waals surface area contributed by atoms with Gasteiger partial charge < -0.3 is 4.90 Å². The van der Waals surface area contributed by atoms with Gasteiger partial charge in [0.1, 0.15) is 0 Å². The number of benzene rings is 1. The van der Waals surface area contributed by atoms with Gasteiger partial charge in [0.25, 0.3) is 0 Å². The normalized spacial score (nSPS) is 40.5. The van der Waals surface area contributed by atoms with Crippen LogP contribution in [-0.2, 0) is 11.2 Å². The number of alkyl halides is 1. The van der Waals surface area contributed by atoms with Crippen LogP contribution in [0.4, 0.5) is 5.69 Å². The fourth-order valence-corrected chi connectivity index (χ4v) is 8.07. The maximum absolute atomic E-state index is 13.1. The fraction of sp³-hybridized carbons (Fsp3) is 0.650. The first-order chi connectivity index (χ1) is 11.0. The Morgan fingerprint density at radius 1 is 1.17 bits per heavy atom. The second kappa shape index (κ2) is 4.84. The molecule has 5 aliphatic rings. The first kappa shape index (κ1) is 14.5. The predicted molar refractivity (Wildman–Crippen MR) is 95.9 cm³/mol. The Bertz CT molecular complexity index is 655. The summed E-state index contributed by atoms with van der Waals surface area (Å²) in [5.74, 6) is 2.08. The van der Waals surface area contributed by atoms with E-state index in [4.69, 9.17) is 0 Å². The molecule has 23 heavy (non-hydrogen) atoms. The van der Waals surface area contributed by atoms with Crippen LogP contribution in [-0.4, -0.2) is 16.8 Å². The lowest BCUT2D eigenvalue weighted by Gasteiger charge is -2.60. The minimum absolute atomic E-state index is 0.280. The van der Waals surface area contributed by atoms with Crippen LogP contribution in [0.25, 0.3) is 0 Å². The number of hydrogen-bond acceptors (Lipinski definition) is 1. The maximum atomic E-state index is 13.1. The van der Waals surface area contributed by atoms with Crippen molar-refractivity contribution in [2.75, 3.05) is 11.4 Å². The van der Waals surface area contributed by atoms with E-state index in [9.17, 15) is 4.79 Å². The Hall–Kier alpha value is -0.830. The van der Waals surface area contributed by atoms with E-state index < -0.39 is 0 Å². The molecule has 3 heteroatoms. The molecule has 1 amide bonds. The van der Waals surface area contributed by atoms with Gasteiger partial charge in [-0.2, -0.15) is 0 Å². The molecule has 122 valence electrons. The van der Waals surface area contributed by atoms with Crippen LogP contribution >= 0.6 is 15.9 Å². The number of anilines is 1. The van der Waals surface area contributed by atoms with Gasteiger partial charge in [0.05, 0.1) is 0 Å². The Balaban J connectivity index is 1.39. The zero-order valence-corrected chi connectivity index (χ0v) is 15.1. The number of carbonyl (C=O) groups excluding carboxylic acids is 1. The maximum Gasteiger partial charge on any atom is 0.227 e. The molecule has 0 saturated heterocycles. The van der Waals surface area contributed by atoms with Gasteiger partial charge in [-0.25, -0.2) is 0 Å². The second-order valence-corrected chi connectivity index (χ2v) is 10.4. The number of halogens is 1. The molecule has 0 N–H and O–H groups in total. The van der Waals surface area contributed by atoms with Crippen LogP contribution in [0.2, 0.25) is 0 Å². The lowest BCUT2D eigenvalue weighted by molar-refractivity contribution is -0.125. The number of carbonyl (C=O) groups is 1. The van der Waals surface area contributed by atoms with Crippen molar-refractivity contribution >= 4 is 27.5 Å². The predicted octanol–water partition coefficient (Wildman–Crippen LogP) is 4.70. The van der Waals surface area contributed by atoms with Gasteiger partial charge in [0.2, 0.25) is 5.91 Å². The number of amides is 1. The lowest BCUT2D eigenvalue weighted by atomic mass is 9.48. The van der Waals surface area contributed by atoms with Crippen molar-refractivity contribution in [3.8, 4) is 0 Å². The van der Waals surface area contributed by atoms with Crippen LogP contribution in [0.1, 0.15) is 50.5 Å². The standard InChI is InChI=1S/C20H24BrNO/c21-20-10-14-7-15(11-20)9-19(8-14,13-20)12-18(23)22-6-5-16-3-1-2-4-17(16)22/h1-4,14-15H,5-13H2. The van der Waals surface area contributed by atoms with E-state index in [2.05, 4.69) is 45.1 Å². The molecule has 0 radical (unpaired) electrons. The quantitative estimate of drug-likeness (QED) is 0.688. The summed E-state index contributed by atoms with van der Waals surface area (Å²) in [7, 11) is 0. The summed E-state index contributed by atoms with van der Waals surface area (Å²) in [5.41, 5.74) is 2.78. The molecule has 6 rings (SSSR count). The smallest absolute Gasteiger partial charge is 0.227 e. The van der Waals surface area contributed by atoms with E-state index in [1.165, 1.54) is 44.1 Å². The zero-order valence-electron chi connectivity index (χ0n) is 13.6. The highest BCUT2D eigenvalue weighted by Gasteiger charge is 2.57. The van der Waals surface area contributed by atoms with Gasteiger partial charge in [0.15, 0.2) is 0 Å². The van der Waals surface area contributed by atoms with Crippen LogP contribution in [0.5, 0.6) is 0 Å². The molecular weight excluding hydrogens is 350 g/mol. The van der Waals surface area contributed by atoms with E-state index in [0.717, 1.165) is 36.9 Å². The molecule has 2 unspecified atom stereocenters. The van der Waals surface area contributed by atoms with Crippen molar-refractivity contribution in [3.63, 3.8) is 0 Å². The highest BCUT2D eigenvalue weighted by atomic mass is 79.9. The second-order valence-electron chi connectivity index (χ2n) is 8.71. The summed E-state index contributed by atoms with van der Waals surface area (Å²) >= 11 is 4.07. The molecular formula is C20H24BrNO. The highest BCUT2D eigenvalue weighted by Crippen LogP contribution is 2.65.